The number of rotatable bonds is 1. The zero-order valence-electron chi connectivity index (χ0n) is 7.05. The summed E-state index contributed by atoms with van der Waals surface area (Å²) in [5, 5.41) is 1.04. The lowest BCUT2D eigenvalue weighted by Gasteiger charge is -2.01. The summed E-state index contributed by atoms with van der Waals surface area (Å²) in [7, 11) is 0. The van der Waals surface area contributed by atoms with Crippen LogP contribution < -0.4 is 0 Å². The van der Waals surface area contributed by atoms with Crippen LogP contribution in [0.4, 0.5) is 8.78 Å². The summed E-state index contributed by atoms with van der Waals surface area (Å²) < 4.78 is 24.7. The number of halogens is 3. The van der Waals surface area contributed by atoms with Gasteiger partial charge in [0.2, 0.25) is 0 Å². The maximum Gasteiger partial charge on any atom is 0.263 e. The van der Waals surface area contributed by atoms with E-state index in [0.29, 0.717) is 16.1 Å². The molecule has 1 aromatic heterocycles. The molecule has 0 radical (unpaired) electrons. The fourth-order valence-electron chi connectivity index (χ4n) is 1.25. The molecule has 1 aromatic carbocycles. The number of hydrogen-bond donors (Lipinski definition) is 0. The summed E-state index contributed by atoms with van der Waals surface area (Å²) in [6.07, 6.45) is -2.45. The van der Waals surface area contributed by atoms with Gasteiger partial charge in [-0.1, -0.05) is 17.7 Å². The molecule has 0 bridgehead atoms. The fourth-order valence-corrected chi connectivity index (χ4v) is 1.41. The number of pyridine rings is 1. The molecule has 0 unspecified atom stereocenters. The molecule has 0 amide bonds. The predicted octanol–water partition coefficient (Wildman–Crippen LogP) is 3.83. The van der Waals surface area contributed by atoms with E-state index in [9.17, 15) is 8.78 Å². The highest BCUT2D eigenvalue weighted by Gasteiger charge is 2.07. The molecule has 2 rings (SSSR count). The lowest BCUT2D eigenvalue weighted by Crippen LogP contribution is -1.85. The van der Waals surface area contributed by atoms with Crippen LogP contribution in [0.25, 0.3) is 10.9 Å². The van der Waals surface area contributed by atoms with Gasteiger partial charge in [0, 0.05) is 10.9 Å². The van der Waals surface area contributed by atoms with Crippen LogP contribution in [0.3, 0.4) is 0 Å². The molecule has 72 valence electrons. The van der Waals surface area contributed by atoms with Crippen molar-refractivity contribution in [2.24, 2.45) is 0 Å². The fraction of sp³-hybridized carbons (Fsp3) is 0.100. The summed E-state index contributed by atoms with van der Waals surface area (Å²) in [4.78, 5) is 4.00. The van der Waals surface area contributed by atoms with Crippen LogP contribution in [0, 0.1) is 0 Å². The highest BCUT2D eigenvalue weighted by molar-refractivity contribution is 6.29. The lowest BCUT2D eigenvalue weighted by atomic mass is 10.1. The third-order valence-electron chi connectivity index (χ3n) is 1.93. The Bertz CT molecular complexity index is 471. The van der Waals surface area contributed by atoms with Crippen LogP contribution in [0.5, 0.6) is 0 Å². The van der Waals surface area contributed by atoms with E-state index in [0.717, 1.165) is 0 Å². The molecular formula is C10H6ClF2N. The molecule has 0 spiro atoms. The second-order valence-corrected chi connectivity index (χ2v) is 3.27. The third-order valence-corrected chi connectivity index (χ3v) is 2.14. The minimum absolute atomic E-state index is 0.00150. The van der Waals surface area contributed by atoms with Gasteiger partial charge in [-0.05, 0) is 24.3 Å². The Balaban J connectivity index is 2.62. The molecule has 1 heterocycles. The van der Waals surface area contributed by atoms with Gasteiger partial charge in [-0.25, -0.2) is 13.8 Å². The van der Waals surface area contributed by atoms with Gasteiger partial charge in [-0.2, -0.15) is 0 Å². The summed E-state index contributed by atoms with van der Waals surface area (Å²) >= 11 is 5.66. The minimum Gasteiger partial charge on any atom is -0.236 e. The molecule has 1 nitrogen and oxygen atoms in total. The van der Waals surface area contributed by atoms with Crippen molar-refractivity contribution in [1.29, 1.82) is 0 Å². The van der Waals surface area contributed by atoms with Crippen molar-refractivity contribution in [2.45, 2.75) is 6.43 Å². The largest absolute Gasteiger partial charge is 0.263 e. The quantitative estimate of drug-likeness (QED) is 0.656. The first-order valence-corrected chi connectivity index (χ1v) is 4.39. The van der Waals surface area contributed by atoms with Gasteiger partial charge < -0.3 is 0 Å². The molecule has 0 N–H and O–H groups in total. The number of hydrogen-bond acceptors (Lipinski definition) is 1. The maximum absolute atomic E-state index is 12.3. The van der Waals surface area contributed by atoms with Crippen molar-refractivity contribution in [2.75, 3.05) is 0 Å². The Hall–Kier alpha value is -1.22. The van der Waals surface area contributed by atoms with E-state index in [1.807, 2.05) is 0 Å². The number of benzene rings is 1. The third kappa shape index (κ3) is 1.68. The molecule has 0 saturated heterocycles. The van der Waals surface area contributed by atoms with Gasteiger partial charge in [0.05, 0.1) is 5.52 Å². The standard InChI is InChI=1S/C10H6ClF2N/c11-9-4-2-6-5-7(10(12)13)1-3-8(6)14-9/h1-5,10H. The first kappa shape index (κ1) is 9.34. The van der Waals surface area contributed by atoms with Crippen molar-refractivity contribution in [3.05, 3.63) is 41.0 Å². The SMILES string of the molecule is FC(F)c1ccc2nc(Cl)ccc2c1. The van der Waals surface area contributed by atoms with Crippen LogP contribution in [0.2, 0.25) is 5.15 Å². The monoisotopic (exact) mass is 213 g/mol. The molecule has 0 fully saturated rings. The Morgan fingerprint density at radius 2 is 1.93 bits per heavy atom. The number of alkyl halides is 2. The van der Waals surface area contributed by atoms with Crippen LogP contribution in [0.15, 0.2) is 30.3 Å². The van der Waals surface area contributed by atoms with Crippen LogP contribution in [-0.4, -0.2) is 4.98 Å². The van der Waals surface area contributed by atoms with Gasteiger partial charge in [0.15, 0.2) is 0 Å². The number of aromatic nitrogens is 1. The zero-order chi connectivity index (χ0) is 10.1. The van der Waals surface area contributed by atoms with Crippen molar-refractivity contribution in [1.82, 2.24) is 4.98 Å². The van der Waals surface area contributed by atoms with E-state index >= 15 is 0 Å². The highest BCUT2D eigenvalue weighted by atomic mass is 35.5. The molecular weight excluding hydrogens is 208 g/mol. The summed E-state index contributed by atoms with van der Waals surface area (Å²) in [6, 6.07) is 7.58. The first-order chi connectivity index (χ1) is 6.66. The second-order valence-electron chi connectivity index (χ2n) is 2.89. The molecule has 0 atom stereocenters. The molecule has 14 heavy (non-hydrogen) atoms. The van der Waals surface area contributed by atoms with Crippen LogP contribution in [0.1, 0.15) is 12.0 Å². The van der Waals surface area contributed by atoms with Crippen molar-refractivity contribution in [3.63, 3.8) is 0 Å². The van der Waals surface area contributed by atoms with Gasteiger partial charge in [-0.3, -0.25) is 0 Å². The Kier molecular flexibility index (Phi) is 2.33. The summed E-state index contributed by atoms with van der Waals surface area (Å²) in [5.41, 5.74) is 0.628. The normalized spacial score (nSPS) is 11.1. The molecule has 0 aliphatic carbocycles. The Labute approximate surface area is 84.3 Å². The lowest BCUT2D eigenvalue weighted by molar-refractivity contribution is 0.151. The molecule has 0 aliphatic rings. The van der Waals surface area contributed by atoms with Crippen LogP contribution >= 0.6 is 11.6 Å². The molecule has 4 heteroatoms. The van der Waals surface area contributed by atoms with E-state index in [1.165, 1.54) is 12.1 Å². The van der Waals surface area contributed by atoms with E-state index in [-0.39, 0.29) is 5.56 Å². The minimum atomic E-state index is -2.45. The van der Waals surface area contributed by atoms with Crippen molar-refractivity contribution < 1.29 is 8.78 Å². The highest BCUT2D eigenvalue weighted by Crippen LogP contribution is 2.23. The van der Waals surface area contributed by atoms with Gasteiger partial charge in [0.25, 0.3) is 6.43 Å². The number of nitrogens with zero attached hydrogens (tertiary/aromatic N) is 1. The second kappa shape index (κ2) is 3.50. The van der Waals surface area contributed by atoms with Crippen molar-refractivity contribution in [3.8, 4) is 0 Å². The zero-order valence-corrected chi connectivity index (χ0v) is 7.80. The summed E-state index contributed by atoms with van der Waals surface area (Å²) in [6.45, 7) is 0. The average Bonchev–Trinajstić information content (AvgIpc) is 2.16. The summed E-state index contributed by atoms with van der Waals surface area (Å²) in [5.74, 6) is 0. The Morgan fingerprint density at radius 1 is 1.14 bits per heavy atom. The first-order valence-electron chi connectivity index (χ1n) is 4.01. The van der Waals surface area contributed by atoms with E-state index in [4.69, 9.17) is 11.6 Å². The van der Waals surface area contributed by atoms with Gasteiger partial charge >= 0.3 is 0 Å². The van der Waals surface area contributed by atoms with E-state index in [1.54, 1.807) is 18.2 Å². The molecule has 0 saturated carbocycles. The van der Waals surface area contributed by atoms with Gasteiger partial charge in [0.1, 0.15) is 5.15 Å². The topological polar surface area (TPSA) is 12.9 Å². The smallest absolute Gasteiger partial charge is 0.236 e. The van der Waals surface area contributed by atoms with E-state index in [2.05, 4.69) is 4.98 Å². The predicted molar refractivity (Wildman–Crippen MR) is 51.7 cm³/mol. The van der Waals surface area contributed by atoms with Gasteiger partial charge in [-0.15, -0.1) is 0 Å². The van der Waals surface area contributed by atoms with Crippen LogP contribution in [-0.2, 0) is 0 Å². The Morgan fingerprint density at radius 3 is 2.64 bits per heavy atom. The maximum atomic E-state index is 12.3. The molecule has 0 aliphatic heterocycles. The number of fused-ring (bicyclic) bond motifs is 1. The van der Waals surface area contributed by atoms with Crippen molar-refractivity contribution >= 4 is 22.5 Å². The molecule has 2 aromatic rings. The van der Waals surface area contributed by atoms with E-state index < -0.39 is 6.43 Å². The average molecular weight is 214 g/mol.